The zero-order valence-corrected chi connectivity index (χ0v) is 8.49. The van der Waals surface area contributed by atoms with Crippen molar-refractivity contribution in [3.8, 4) is 0 Å². The first-order chi connectivity index (χ1) is 6.20. The van der Waals surface area contributed by atoms with Gasteiger partial charge in [-0.3, -0.25) is 0 Å². The van der Waals surface area contributed by atoms with Crippen molar-refractivity contribution in [2.24, 2.45) is 0 Å². The van der Waals surface area contributed by atoms with Crippen molar-refractivity contribution in [3.63, 3.8) is 0 Å². The number of nitrogens with one attached hydrogen (secondary N) is 1. The van der Waals surface area contributed by atoms with Gasteiger partial charge in [-0.25, -0.2) is 0 Å². The Morgan fingerprint density at radius 1 is 1.46 bits per heavy atom. The van der Waals surface area contributed by atoms with Gasteiger partial charge in [0.05, 0.1) is 25.4 Å². The first-order valence-corrected chi connectivity index (χ1v) is 4.84. The molecule has 1 saturated heterocycles. The number of hydrogen-bond donors (Lipinski definition) is 2. The normalized spacial score (nSPS) is 28.6. The van der Waals surface area contributed by atoms with Gasteiger partial charge in [0, 0.05) is 0 Å². The van der Waals surface area contributed by atoms with Crippen LogP contribution in [0, 0.1) is 0 Å². The van der Waals surface area contributed by atoms with E-state index in [1.165, 1.54) is 0 Å². The Labute approximate surface area is 79.9 Å². The van der Waals surface area contributed by atoms with Gasteiger partial charge in [-0.15, -0.1) is 0 Å². The number of hydrogen-bond acceptors (Lipinski definition) is 4. The molecule has 0 aromatic rings. The lowest BCUT2D eigenvalue weighted by Crippen LogP contribution is -2.39. The van der Waals surface area contributed by atoms with E-state index < -0.39 is 0 Å². The fourth-order valence-electron chi connectivity index (χ4n) is 1.42. The van der Waals surface area contributed by atoms with Crippen molar-refractivity contribution in [2.45, 2.75) is 18.6 Å². The summed E-state index contributed by atoms with van der Waals surface area (Å²) in [5.74, 6) is 0. The van der Waals surface area contributed by atoms with E-state index >= 15 is 0 Å². The molecule has 1 rings (SSSR count). The summed E-state index contributed by atoms with van der Waals surface area (Å²) in [6, 6.07) is 0.141. The zero-order valence-electron chi connectivity index (χ0n) is 8.49. The average Bonchev–Trinajstić information content (AvgIpc) is 2.45. The van der Waals surface area contributed by atoms with Crippen molar-refractivity contribution in [3.05, 3.63) is 0 Å². The number of ether oxygens (including phenoxy) is 1. The maximum absolute atomic E-state index is 9.40. The van der Waals surface area contributed by atoms with Gasteiger partial charge in [-0.05, 0) is 33.6 Å². The van der Waals surface area contributed by atoms with Crippen molar-refractivity contribution in [2.75, 3.05) is 40.4 Å². The second-order valence-corrected chi connectivity index (χ2v) is 3.82. The molecule has 1 fully saturated rings. The standard InChI is InChI=1S/C9H20N2O2/c1-11(2)5-3-4-10-8-6-13-7-9(8)12/h8-10,12H,3-7H2,1-2H3. The number of aliphatic hydroxyl groups excluding tert-OH is 1. The summed E-state index contributed by atoms with van der Waals surface area (Å²) in [7, 11) is 4.13. The first-order valence-electron chi connectivity index (χ1n) is 4.84. The molecule has 0 saturated carbocycles. The summed E-state index contributed by atoms with van der Waals surface area (Å²) in [5.41, 5.74) is 0. The maximum Gasteiger partial charge on any atom is 0.0948 e. The highest BCUT2D eigenvalue weighted by Gasteiger charge is 2.24. The van der Waals surface area contributed by atoms with Gasteiger partial charge >= 0.3 is 0 Å². The van der Waals surface area contributed by atoms with E-state index in [9.17, 15) is 5.11 Å². The summed E-state index contributed by atoms with van der Waals surface area (Å²) in [5, 5.41) is 12.7. The summed E-state index contributed by atoms with van der Waals surface area (Å²) in [6.07, 6.45) is 0.787. The molecule has 1 heterocycles. The predicted octanol–water partition coefficient (Wildman–Crippen LogP) is -0.713. The summed E-state index contributed by atoms with van der Waals surface area (Å²) >= 11 is 0. The van der Waals surface area contributed by atoms with Crippen LogP contribution in [0.2, 0.25) is 0 Å². The molecule has 2 N–H and O–H groups in total. The number of rotatable bonds is 5. The molecule has 2 unspecified atom stereocenters. The molecule has 13 heavy (non-hydrogen) atoms. The molecule has 1 aliphatic rings. The number of nitrogens with zero attached hydrogens (tertiary/aromatic N) is 1. The smallest absolute Gasteiger partial charge is 0.0948 e. The van der Waals surface area contributed by atoms with Crippen LogP contribution in [0.1, 0.15) is 6.42 Å². The van der Waals surface area contributed by atoms with Gasteiger partial charge in [0.2, 0.25) is 0 Å². The zero-order chi connectivity index (χ0) is 9.68. The molecule has 0 radical (unpaired) electrons. The summed E-state index contributed by atoms with van der Waals surface area (Å²) in [6.45, 7) is 3.15. The molecule has 4 nitrogen and oxygen atoms in total. The molecule has 0 aromatic heterocycles. The molecule has 0 bridgehead atoms. The van der Waals surface area contributed by atoms with E-state index in [-0.39, 0.29) is 12.1 Å². The molecule has 78 valence electrons. The van der Waals surface area contributed by atoms with Crippen LogP contribution in [0.15, 0.2) is 0 Å². The SMILES string of the molecule is CN(C)CCCNC1COCC1O. The largest absolute Gasteiger partial charge is 0.389 e. The van der Waals surface area contributed by atoms with Crippen molar-refractivity contribution in [1.82, 2.24) is 10.2 Å². The van der Waals surface area contributed by atoms with Crippen LogP contribution in [0.5, 0.6) is 0 Å². The Morgan fingerprint density at radius 2 is 2.23 bits per heavy atom. The minimum Gasteiger partial charge on any atom is -0.389 e. The molecule has 0 amide bonds. The molecular formula is C9H20N2O2. The van der Waals surface area contributed by atoms with E-state index in [0.717, 1.165) is 19.5 Å². The molecule has 1 aliphatic heterocycles. The second kappa shape index (κ2) is 5.54. The molecule has 2 atom stereocenters. The number of aliphatic hydroxyl groups is 1. The monoisotopic (exact) mass is 188 g/mol. The van der Waals surface area contributed by atoms with Crippen LogP contribution in [-0.4, -0.2) is 62.6 Å². The fraction of sp³-hybridized carbons (Fsp3) is 1.00. The lowest BCUT2D eigenvalue weighted by molar-refractivity contribution is 0.122. The van der Waals surface area contributed by atoms with Crippen LogP contribution < -0.4 is 5.32 Å². The van der Waals surface area contributed by atoms with Crippen molar-refractivity contribution in [1.29, 1.82) is 0 Å². The molecule has 0 aromatic carbocycles. The van der Waals surface area contributed by atoms with Gasteiger partial charge in [0.15, 0.2) is 0 Å². The fourth-order valence-corrected chi connectivity index (χ4v) is 1.42. The second-order valence-electron chi connectivity index (χ2n) is 3.82. The molecule has 4 heteroatoms. The minimum absolute atomic E-state index is 0.141. The van der Waals surface area contributed by atoms with Crippen LogP contribution in [0.3, 0.4) is 0 Å². The highest BCUT2D eigenvalue weighted by Crippen LogP contribution is 2.04. The topological polar surface area (TPSA) is 44.7 Å². The van der Waals surface area contributed by atoms with Gasteiger partial charge in [0.1, 0.15) is 0 Å². The van der Waals surface area contributed by atoms with Crippen LogP contribution >= 0.6 is 0 Å². The Kier molecular flexibility index (Phi) is 4.66. The first kappa shape index (κ1) is 10.9. The maximum atomic E-state index is 9.40. The van der Waals surface area contributed by atoms with Crippen LogP contribution in [0.25, 0.3) is 0 Å². The van der Waals surface area contributed by atoms with Gasteiger partial charge in [-0.2, -0.15) is 0 Å². The average molecular weight is 188 g/mol. The van der Waals surface area contributed by atoms with E-state index in [1.807, 2.05) is 0 Å². The van der Waals surface area contributed by atoms with E-state index in [2.05, 4.69) is 24.3 Å². The lowest BCUT2D eigenvalue weighted by atomic mass is 10.2. The minimum atomic E-state index is -0.320. The Balaban J connectivity index is 1.99. The molecule has 0 spiro atoms. The van der Waals surface area contributed by atoms with E-state index in [1.54, 1.807) is 0 Å². The van der Waals surface area contributed by atoms with Crippen molar-refractivity contribution < 1.29 is 9.84 Å². The third-order valence-electron chi connectivity index (χ3n) is 2.24. The molecule has 0 aliphatic carbocycles. The highest BCUT2D eigenvalue weighted by atomic mass is 16.5. The van der Waals surface area contributed by atoms with Gasteiger partial charge < -0.3 is 20.1 Å². The quantitative estimate of drug-likeness (QED) is 0.559. The van der Waals surface area contributed by atoms with Gasteiger partial charge in [0.25, 0.3) is 0 Å². The third kappa shape index (κ3) is 4.04. The highest BCUT2D eigenvalue weighted by molar-refractivity contribution is 4.80. The van der Waals surface area contributed by atoms with Crippen LogP contribution in [0.4, 0.5) is 0 Å². The summed E-state index contributed by atoms with van der Waals surface area (Å²) < 4.78 is 5.12. The van der Waals surface area contributed by atoms with E-state index in [0.29, 0.717) is 13.2 Å². The Hall–Kier alpha value is -0.160. The Morgan fingerprint density at radius 3 is 2.77 bits per heavy atom. The van der Waals surface area contributed by atoms with E-state index in [4.69, 9.17) is 4.74 Å². The lowest BCUT2D eigenvalue weighted by Gasteiger charge is -2.15. The third-order valence-corrected chi connectivity index (χ3v) is 2.24. The van der Waals surface area contributed by atoms with Crippen LogP contribution in [-0.2, 0) is 4.74 Å². The Bertz CT molecular complexity index is 142. The summed E-state index contributed by atoms with van der Waals surface area (Å²) in [4.78, 5) is 2.16. The predicted molar refractivity (Wildman–Crippen MR) is 51.8 cm³/mol. The van der Waals surface area contributed by atoms with Gasteiger partial charge in [-0.1, -0.05) is 0 Å². The molecular weight excluding hydrogens is 168 g/mol. The van der Waals surface area contributed by atoms with Crippen molar-refractivity contribution >= 4 is 0 Å².